The number of esters is 1. The minimum atomic E-state index is -0.402. The lowest BCUT2D eigenvalue weighted by molar-refractivity contribution is 0.0520. The molecule has 0 saturated carbocycles. The van der Waals surface area contributed by atoms with Gasteiger partial charge in [0.25, 0.3) is 0 Å². The predicted molar refractivity (Wildman–Crippen MR) is 120 cm³/mol. The lowest BCUT2D eigenvalue weighted by Gasteiger charge is -2.24. The second-order valence-electron chi connectivity index (χ2n) is 6.77. The summed E-state index contributed by atoms with van der Waals surface area (Å²) < 4.78 is 5.01. The summed E-state index contributed by atoms with van der Waals surface area (Å²) >= 11 is 4.59. The van der Waals surface area contributed by atoms with E-state index in [4.69, 9.17) is 14.7 Å². The van der Waals surface area contributed by atoms with E-state index in [1.54, 1.807) is 23.6 Å². The van der Waals surface area contributed by atoms with Gasteiger partial charge in [0.2, 0.25) is 0 Å². The molecule has 1 aliphatic rings. The molecule has 1 aromatic carbocycles. The van der Waals surface area contributed by atoms with Crippen LogP contribution in [0.3, 0.4) is 0 Å². The molecule has 0 bridgehead atoms. The first-order chi connectivity index (χ1) is 14.7. The maximum absolute atomic E-state index is 11.8. The molecule has 30 heavy (non-hydrogen) atoms. The second kappa shape index (κ2) is 8.35. The molecule has 3 aromatic heterocycles. The van der Waals surface area contributed by atoms with E-state index < -0.39 is 5.97 Å². The summed E-state index contributed by atoms with van der Waals surface area (Å²) in [6.07, 6.45) is 0.946. The number of hydrogen-bond acceptors (Lipinski definition) is 9. The highest BCUT2D eigenvalue weighted by molar-refractivity contribution is 7.16. The van der Waals surface area contributed by atoms with E-state index in [2.05, 4.69) is 39.9 Å². The fourth-order valence-electron chi connectivity index (χ4n) is 3.35. The van der Waals surface area contributed by atoms with Crippen molar-refractivity contribution in [3.8, 4) is 21.4 Å². The molecular weight excluding hydrogens is 436 g/mol. The normalized spacial score (nSPS) is 15.7. The van der Waals surface area contributed by atoms with Crippen molar-refractivity contribution in [1.82, 2.24) is 20.3 Å². The van der Waals surface area contributed by atoms with E-state index >= 15 is 0 Å². The van der Waals surface area contributed by atoms with Gasteiger partial charge in [-0.3, -0.25) is 0 Å². The number of carbonyl (C=O) groups excluding carboxylic acids is 1. The third-order valence-electron chi connectivity index (χ3n) is 4.83. The van der Waals surface area contributed by atoms with Crippen molar-refractivity contribution in [3.63, 3.8) is 0 Å². The largest absolute Gasteiger partial charge is 0.461 e. The number of rotatable bonds is 5. The van der Waals surface area contributed by atoms with Crippen molar-refractivity contribution >= 4 is 40.0 Å². The maximum Gasteiger partial charge on any atom is 0.357 e. The molecule has 1 aliphatic heterocycles. The average Bonchev–Trinajstić information content (AvgIpc) is 3.53. The van der Waals surface area contributed by atoms with Gasteiger partial charge in [0.1, 0.15) is 26.4 Å². The highest BCUT2D eigenvalue weighted by atomic mass is 32.1. The molecule has 152 valence electrons. The maximum atomic E-state index is 11.8. The Morgan fingerprint density at radius 2 is 1.77 bits per heavy atom. The number of thiazole rings is 3. The van der Waals surface area contributed by atoms with Crippen LogP contribution in [0.2, 0.25) is 0 Å². The Kier molecular flexibility index (Phi) is 5.43. The molecule has 1 N–H and O–H groups in total. The molecule has 9 heteroatoms. The van der Waals surface area contributed by atoms with Gasteiger partial charge in [-0.05, 0) is 24.5 Å². The van der Waals surface area contributed by atoms with Crippen LogP contribution in [-0.4, -0.2) is 27.5 Å². The van der Waals surface area contributed by atoms with Crippen molar-refractivity contribution in [1.29, 1.82) is 0 Å². The van der Waals surface area contributed by atoms with E-state index in [1.807, 2.05) is 5.38 Å². The van der Waals surface area contributed by atoms with Crippen LogP contribution in [0.4, 0.5) is 0 Å². The van der Waals surface area contributed by atoms with Crippen LogP contribution < -0.4 is 5.32 Å². The van der Waals surface area contributed by atoms with Gasteiger partial charge < -0.3 is 10.1 Å². The fourth-order valence-corrected chi connectivity index (χ4v) is 5.90. The summed E-state index contributed by atoms with van der Waals surface area (Å²) in [4.78, 5) is 25.8. The van der Waals surface area contributed by atoms with Gasteiger partial charge in [0.05, 0.1) is 12.6 Å². The van der Waals surface area contributed by atoms with Crippen LogP contribution in [0.15, 0.2) is 40.4 Å². The van der Waals surface area contributed by atoms with E-state index in [0.717, 1.165) is 34.4 Å². The van der Waals surface area contributed by atoms with Crippen LogP contribution in [0.5, 0.6) is 0 Å². The van der Waals surface area contributed by atoms with Crippen molar-refractivity contribution in [2.24, 2.45) is 0 Å². The molecule has 4 heterocycles. The first-order valence-electron chi connectivity index (χ1n) is 9.55. The van der Waals surface area contributed by atoms with Crippen molar-refractivity contribution in [3.05, 3.63) is 62.2 Å². The van der Waals surface area contributed by atoms with Gasteiger partial charge in [-0.1, -0.05) is 24.3 Å². The summed E-state index contributed by atoms with van der Waals surface area (Å²) in [6.45, 7) is 2.98. The molecule has 0 radical (unpaired) electrons. The Bertz CT molecular complexity index is 1200. The quantitative estimate of drug-likeness (QED) is 0.430. The molecule has 0 aliphatic carbocycles. The number of nitrogens with one attached hydrogen (secondary N) is 1. The molecule has 0 spiro atoms. The number of ether oxygens (including phenoxy) is 1. The lowest BCUT2D eigenvalue weighted by Crippen LogP contribution is -2.28. The Balaban J connectivity index is 1.33. The van der Waals surface area contributed by atoms with Gasteiger partial charge in [-0.25, -0.2) is 19.7 Å². The predicted octanol–water partition coefficient (Wildman–Crippen LogP) is 4.95. The molecule has 0 saturated heterocycles. The van der Waals surface area contributed by atoms with E-state index in [-0.39, 0.29) is 6.04 Å². The molecule has 4 aromatic rings. The Morgan fingerprint density at radius 1 is 1.03 bits per heavy atom. The van der Waals surface area contributed by atoms with E-state index in [0.29, 0.717) is 17.3 Å². The number of nitrogens with zero attached hydrogens (tertiary/aromatic N) is 3. The van der Waals surface area contributed by atoms with Gasteiger partial charge in [0, 0.05) is 22.7 Å². The SMILES string of the molecule is CCOC(=O)c1csc(-c2csc(-c3csc(C4Cc5ccccc5CN4)n3)n2)n1. The minimum absolute atomic E-state index is 0.226. The van der Waals surface area contributed by atoms with Gasteiger partial charge in [-0.15, -0.1) is 34.0 Å². The minimum Gasteiger partial charge on any atom is -0.461 e. The lowest BCUT2D eigenvalue weighted by atomic mass is 9.96. The zero-order valence-corrected chi connectivity index (χ0v) is 18.6. The Labute approximate surface area is 185 Å². The summed E-state index contributed by atoms with van der Waals surface area (Å²) in [5.41, 5.74) is 4.71. The van der Waals surface area contributed by atoms with Crippen molar-refractivity contribution < 1.29 is 9.53 Å². The molecule has 5 rings (SSSR count). The summed E-state index contributed by atoms with van der Waals surface area (Å²) in [5, 5.41) is 12.0. The zero-order valence-electron chi connectivity index (χ0n) is 16.1. The van der Waals surface area contributed by atoms with Crippen molar-refractivity contribution in [2.45, 2.75) is 25.9 Å². The summed E-state index contributed by atoms with van der Waals surface area (Å²) in [7, 11) is 0. The smallest absolute Gasteiger partial charge is 0.357 e. The highest BCUT2D eigenvalue weighted by Crippen LogP contribution is 2.34. The number of fused-ring (bicyclic) bond motifs is 1. The van der Waals surface area contributed by atoms with Crippen LogP contribution in [0.1, 0.15) is 39.6 Å². The average molecular weight is 455 g/mol. The standard InChI is InChI=1S/C21H18N4O2S3/c1-2-27-21(26)17-11-30-20(25-17)16-10-29-19(24-16)15-9-28-18(23-15)14-7-12-5-3-4-6-13(12)8-22-14/h3-6,9-11,14,22H,2,7-8H2,1H3. The first-order valence-corrected chi connectivity index (χ1v) is 12.2. The first kappa shape index (κ1) is 19.5. The Hall–Kier alpha value is -2.46. The van der Waals surface area contributed by atoms with Gasteiger partial charge in [0.15, 0.2) is 5.69 Å². The molecule has 1 atom stereocenters. The number of benzene rings is 1. The van der Waals surface area contributed by atoms with Crippen molar-refractivity contribution in [2.75, 3.05) is 6.61 Å². The number of aromatic nitrogens is 3. The zero-order chi connectivity index (χ0) is 20.5. The fraction of sp³-hybridized carbons (Fsp3) is 0.238. The third-order valence-corrected chi connectivity index (χ3v) is 7.52. The van der Waals surface area contributed by atoms with Gasteiger partial charge in [-0.2, -0.15) is 0 Å². The monoisotopic (exact) mass is 454 g/mol. The van der Waals surface area contributed by atoms with Crippen LogP contribution in [0, 0.1) is 0 Å². The second-order valence-corrected chi connectivity index (χ2v) is 9.38. The topological polar surface area (TPSA) is 77.0 Å². The summed E-state index contributed by atoms with van der Waals surface area (Å²) in [5.74, 6) is -0.402. The summed E-state index contributed by atoms with van der Waals surface area (Å²) in [6, 6.07) is 8.78. The van der Waals surface area contributed by atoms with Crippen LogP contribution >= 0.6 is 34.0 Å². The molecular formula is C21H18N4O2S3. The molecule has 1 unspecified atom stereocenters. The molecule has 6 nitrogen and oxygen atoms in total. The van der Waals surface area contributed by atoms with Gasteiger partial charge >= 0.3 is 5.97 Å². The van der Waals surface area contributed by atoms with Crippen LogP contribution in [0.25, 0.3) is 21.4 Å². The number of carbonyl (C=O) groups is 1. The van der Waals surface area contributed by atoms with E-state index in [9.17, 15) is 4.79 Å². The Morgan fingerprint density at radius 3 is 2.63 bits per heavy atom. The third kappa shape index (κ3) is 3.81. The highest BCUT2D eigenvalue weighted by Gasteiger charge is 2.23. The molecule has 0 fully saturated rings. The van der Waals surface area contributed by atoms with Crippen LogP contribution in [-0.2, 0) is 17.7 Å². The van der Waals surface area contributed by atoms with E-state index in [1.165, 1.54) is 33.8 Å². The number of hydrogen-bond donors (Lipinski definition) is 1. The molecule has 0 amide bonds.